The molecule has 4 aromatic rings. The number of allylic oxidation sites excluding steroid dienone is 1. The molecule has 36 heavy (non-hydrogen) atoms. The number of hydrogen-bond acceptors (Lipinski definition) is 6. The highest BCUT2D eigenvalue weighted by Crippen LogP contribution is 2.38. The predicted octanol–water partition coefficient (Wildman–Crippen LogP) is 5.62. The molecule has 1 aliphatic rings. The maximum absolute atomic E-state index is 5.83. The van der Waals surface area contributed by atoms with Crippen molar-refractivity contribution in [2.45, 2.75) is 19.5 Å². The number of nitrogens with zero attached hydrogens (tertiary/aromatic N) is 3. The lowest BCUT2D eigenvalue weighted by atomic mass is 9.94. The van der Waals surface area contributed by atoms with Gasteiger partial charge in [-0.05, 0) is 54.5 Å². The number of hydrogen-bond donors (Lipinski definition) is 1. The Balaban J connectivity index is 1.56. The van der Waals surface area contributed by atoms with Gasteiger partial charge in [0.25, 0.3) is 5.89 Å². The van der Waals surface area contributed by atoms with Crippen molar-refractivity contribution in [2.24, 2.45) is 0 Å². The van der Waals surface area contributed by atoms with E-state index in [2.05, 4.69) is 27.5 Å². The maximum Gasteiger partial charge on any atom is 0.258 e. The SMILES string of the molecule is COc1ccc(CN2C(=S)NC(c3ccccc3)C(c3nc(-c4cccc(OC)c4)no3)=C2C)cc1. The Labute approximate surface area is 215 Å². The van der Waals surface area contributed by atoms with Crippen molar-refractivity contribution in [3.63, 3.8) is 0 Å². The molecule has 3 aromatic carbocycles. The van der Waals surface area contributed by atoms with Crippen LogP contribution in [-0.4, -0.2) is 34.4 Å². The minimum Gasteiger partial charge on any atom is -0.497 e. The Morgan fingerprint density at radius 2 is 1.69 bits per heavy atom. The highest BCUT2D eigenvalue weighted by molar-refractivity contribution is 7.80. The first kappa shape index (κ1) is 23.6. The molecule has 8 heteroatoms. The highest BCUT2D eigenvalue weighted by atomic mass is 32.1. The zero-order valence-corrected chi connectivity index (χ0v) is 21.1. The average Bonchev–Trinajstić information content (AvgIpc) is 3.41. The normalized spacial score (nSPS) is 15.6. The highest BCUT2D eigenvalue weighted by Gasteiger charge is 2.34. The van der Waals surface area contributed by atoms with Gasteiger partial charge in [0.05, 0.1) is 25.8 Å². The van der Waals surface area contributed by atoms with E-state index >= 15 is 0 Å². The standard InChI is InChI=1S/C28H26N4O3S/c1-18-24(27-30-26(31-35-27)21-10-7-11-23(16-21)34-3)25(20-8-5-4-6-9-20)29-28(36)32(18)17-19-12-14-22(33-2)15-13-19/h4-16,25H,17H2,1-3H3,(H,29,36). The minimum absolute atomic E-state index is 0.232. The number of aromatic nitrogens is 2. The van der Waals surface area contributed by atoms with Crippen molar-refractivity contribution in [2.75, 3.05) is 14.2 Å². The summed E-state index contributed by atoms with van der Waals surface area (Å²) >= 11 is 5.82. The van der Waals surface area contributed by atoms with Gasteiger partial charge in [-0.1, -0.05) is 59.8 Å². The van der Waals surface area contributed by atoms with Gasteiger partial charge in [0.2, 0.25) is 5.82 Å². The van der Waals surface area contributed by atoms with Crippen LogP contribution in [0.1, 0.15) is 30.0 Å². The monoisotopic (exact) mass is 498 g/mol. The van der Waals surface area contributed by atoms with Gasteiger partial charge < -0.3 is 24.2 Å². The lowest BCUT2D eigenvalue weighted by Gasteiger charge is -2.37. The van der Waals surface area contributed by atoms with Crippen LogP contribution in [0.5, 0.6) is 11.5 Å². The van der Waals surface area contributed by atoms with E-state index in [9.17, 15) is 0 Å². The average molecular weight is 499 g/mol. The second-order valence-corrected chi connectivity index (χ2v) is 8.77. The second-order valence-electron chi connectivity index (χ2n) is 8.38. The summed E-state index contributed by atoms with van der Waals surface area (Å²) in [7, 11) is 3.29. The molecule has 0 amide bonds. The first-order valence-electron chi connectivity index (χ1n) is 11.5. The van der Waals surface area contributed by atoms with Gasteiger partial charge in [-0.3, -0.25) is 0 Å². The molecule has 0 fully saturated rings. The Kier molecular flexibility index (Phi) is 6.69. The lowest BCUT2D eigenvalue weighted by Crippen LogP contribution is -2.45. The van der Waals surface area contributed by atoms with E-state index in [1.165, 1.54) is 0 Å². The molecule has 1 atom stereocenters. The van der Waals surface area contributed by atoms with Crippen molar-refractivity contribution in [1.82, 2.24) is 20.4 Å². The van der Waals surface area contributed by atoms with Crippen LogP contribution in [0.15, 0.2) is 89.1 Å². The quantitative estimate of drug-likeness (QED) is 0.329. The van der Waals surface area contributed by atoms with E-state index < -0.39 is 0 Å². The predicted molar refractivity (Wildman–Crippen MR) is 142 cm³/mol. The molecular weight excluding hydrogens is 472 g/mol. The number of ether oxygens (including phenoxy) is 2. The molecule has 0 aliphatic carbocycles. The molecule has 0 radical (unpaired) electrons. The van der Waals surface area contributed by atoms with E-state index in [1.54, 1.807) is 14.2 Å². The number of benzene rings is 3. The summed E-state index contributed by atoms with van der Waals surface area (Å²) in [4.78, 5) is 6.83. The Morgan fingerprint density at radius 1 is 0.944 bits per heavy atom. The molecule has 5 rings (SSSR count). The molecule has 1 aliphatic heterocycles. The zero-order chi connectivity index (χ0) is 25.1. The molecule has 0 spiro atoms. The molecular formula is C28H26N4O3S. The van der Waals surface area contributed by atoms with Gasteiger partial charge in [-0.25, -0.2) is 0 Å². The van der Waals surface area contributed by atoms with E-state index in [4.69, 9.17) is 31.2 Å². The van der Waals surface area contributed by atoms with Crippen LogP contribution in [0.25, 0.3) is 17.0 Å². The topological polar surface area (TPSA) is 72.7 Å². The van der Waals surface area contributed by atoms with Crippen LogP contribution >= 0.6 is 12.2 Å². The van der Waals surface area contributed by atoms with E-state index in [0.29, 0.717) is 23.4 Å². The summed E-state index contributed by atoms with van der Waals surface area (Å²) in [6.07, 6.45) is 0. The van der Waals surface area contributed by atoms with Crippen molar-refractivity contribution < 1.29 is 14.0 Å². The van der Waals surface area contributed by atoms with E-state index in [-0.39, 0.29) is 6.04 Å². The number of methoxy groups -OCH3 is 2. The Morgan fingerprint density at radius 3 is 2.42 bits per heavy atom. The molecule has 2 heterocycles. The first-order chi connectivity index (χ1) is 17.6. The van der Waals surface area contributed by atoms with Gasteiger partial charge in [0, 0.05) is 17.8 Å². The first-order valence-corrected chi connectivity index (χ1v) is 11.9. The molecule has 0 saturated carbocycles. The summed E-state index contributed by atoms with van der Waals surface area (Å²) in [5.41, 5.74) is 4.79. The van der Waals surface area contributed by atoms with Crippen molar-refractivity contribution in [3.8, 4) is 22.9 Å². The van der Waals surface area contributed by atoms with E-state index in [0.717, 1.165) is 39.5 Å². The molecule has 0 saturated heterocycles. The smallest absolute Gasteiger partial charge is 0.258 e. The minimum atomic E-state index is -0.232. The fraction of sp³-hybridized carbons (Fsp3) is 0.179. The summed E-state index contributed by atoms with van der Waals surface area (Å²) in [5.74, 6) is 2.47. The number of rotatable bonds is 7. The number of thiocarbonyl (C=S) groups is 1. The molecule has 7 nitrogen and oxygen atoms in total. The third kappa shape index (κ3) is 4.67. The summed E-state index contributed by atoms with van der Waals surface area (Å²) in [5, 5.41) is 8.41. The van der Waals surface area contributed by atoms with Crippen LogP contribution < -0.4 is 14.8 Å². The third-order valence-corrected chi connectivity index (χ3v) is 6.55. The van der Waals surface area contributed by atoms with Gasteiger partial charge in [-0.15, -0.1) is 0 Å². The fourth-order valence-corrected chi connectivity index (χ4v) is 4.59. The van der Waals surface area contributed by atoms with Gasteiger partial charge in [0.15, 0.2) is 5.11 Å². The second kappa shape index (κ2) is 10.2. The lowest BCUT2D eigenvalue weighted by molar-refractivity contribution is 0.395. The fourth-order valence-electron chi connectivity index (χ4n) is 4.27. The Bertz CT molecular complexity index is 1400. The summed E-state index contributed by atoms with van der Waals surface area (Å²) in [6.45, 7) is 2.63. The van der Waals surface area contributed by atoms with Gasteiger partial charge >= 0.3 is 0 Å². The van der Waals surface area contributed by atoms with Gasteiger partial charge in [0.1, 0.15) is 11.5 Å². The zero-order valence-electron chi connectivity index (χ0n) is 20.3. The van der Waals surface area contributed by atoms with Crippen LogP contribution in [0.2, 0.25) is 0 Å². The van der Waals surface area contributed by atoms with Crippen molar-refractivity contribution in [3.05, 3.63) is 102 Å². The summed E-state index contributed by atoms with van der Waals surface area (Å²) in [6, 6.07) is 25.4. The largest absolute Gasteiger partial charge is 0.497 e. The van der Waals surface area contributed by atoms with Crippen LogP contribution in [0.3, 0.4) is 0 Å². The molecule has 182 valence electrons. The van der Waals surface area contributed by atoms with Crippen LogP contribution in [0, 0.1) is 0 Å². The molecule has 1 N–H and O–H groups in total. The number of nitrogens with one attached hydrogen (secondary N) is 1. The molecule has 1 unspecified atom stereocenters. The van der Waals surface area contributed by atoms with E-state index in [1.807, 2.05) is 73.7 Å². The maximum atomic E-state index is 5.83. The third-order valence-electron chi connectivity index (χ3n) is 6.21. The summed E-state index contributed by atoms with van der Waals surface area (Å²) < 4.78 is 16.5. The van der Waals surface area contributed by atoms with Crippen molar-refractivity contribution >= 4 is 22.9 Å². The van der Waals surface area contributed by atoms with Gasteiger partial charge in [-0.2, -0.15) is 4.98 Å². The molecule has 0 bridgehead atoms. The van der Waals surface area contributed by atoms with Crippen molar-refractivity contribution in [1.29, 1.82) is 0 Å². The Hall–Kier alpha value is -4.17. The molecule has 1 aromatic heterocycles. The van der Waals surface area contributed by atoms with Crippen LogP contribution in [0.4, 0.5) is 0 Å². The van der Waals surface area contributed by atoms with Crippen LogP contribution in [-0.2, 0) is 6.54 Å².